The zero-order valence-corrected chi connectivity index (χ0v) is 10.9. The second-order valence-corrected chi connectivity index (χ2v) is 5.64. The fourth-order valence-corrected chi connectivity index (χ4v) is 2.52. The van der Waals surface area contributed by atoms with Crippen LogP contribution in [0.4, 0.5) is 0 Å². The van der Waals surface area contributed by atoms with Crippen LogP contribution >= 0.6 is 0 Å². The molecule has 2 fully saturated rings. The summed E-state index contributed by atoms with van der Waals surface area (Å²) in [6.07, 6.45) is 9.48. The third-order valence-electron chi connectivity index (χ3n) is 3.90. The number of ether oxygens (including phenoxy) is 1. The number of nitrogens with one attached hydrogen (secondary N) is 1. The summed E-state index contributed by atoms with van der Waals surface area (Å²) < 4.78 is 5.60. The average molecular weight is 241 g/mol. The summed E-state index contributed by atoms with van der Waals surface area (Å²) in [5.41, 5.74) is 0. The summed E-state index contributed by atoms with van der Waals surface area (Å²) in [5.74, 6) is 0.867. The van der Waals surface area contributed by atoms with Crippen molar-refractivity contribution in [1.82, 2.24) is 5.32 Å². The van der Waals surface area contributed by atoms with Crippen LogP contribution in [0.5, 0.6) is 0 Å². The molecule has 100 valence electrons. The van der Waals surface area contributed by atoms with Crippen molar-refractivity contribution in [1.29, 1.82) is 0 Å². The van der Waals surface area contributed by atoms with Crippen LogP contribution in [0, 0.1) is 5.92 Å². The Balaban J connectivity index is 1.47. The van der Waals surface area contributed by atoms with Crippen molar-refractivity contribution in [3.05, 3.63) is 0 Å². The van der Waals surface area contributed by atoms with E-state index in [0.717, 1.165) is 44.9 Å². The summed E-state index contributed by atoms with van der Waals surface area (Å²) in [7, 11) is 0. The standard InChI is InChI=1S/C14H27NO2/c16-14-6-3-1-2-5-13(14)15-9-4-10-17-11-12-7-8-12/h12-16H,1-11H2. The molecule has 0 saturated heterocycles. The van der Waals surface area contributed by atoms with E-state index in [2.05, 4.69) is 5.32 Å². The lowest BCUT2D eigenvalue weighted by molar-refractivity contribution is 0.107. The molecular formula is C14H27NO2. The Kier molecular flexibility index (Phi) is 5.75. The van der Waals surface area contributed by atoms with Gasteiger partial charge in [0.15, 0.2) is 0 Å². The summed E-state index contributed by atoms with van der Waals surface area (Å²) in [6, 6.07) is 0.320. The Labute approximate surface area is 105 Å². The van der Waals surface area contributed by atoms with Gasteiger partial charge in [-0.3, -0.25) is 0 Å². The monoisotopic (exact) mass is 241 g/mol. The first-order valence-electron chi connectivity index (χ1n) is 7.35. The lowest BCUT2D eigenvalue weighted by Crippen LogP contribution is -2.39. The first-order valence-corrected chi connectivity index (χ1v) is 7.35. The number of hydrogen-bond donors (Lipinski definition) is 2. The van der Waals surface area contributed by atoms with Crippen LogP contribution < -0.4 is 5.32 Å². The summed E-state index contributed by atoms with van der Waals surface area (Å²) >= 11 is 0. The number of hydrogen-bond acceptors (Lipinski definition) is 3. The largest absolute Gasteiger partial charge is 0.392 e. The van der Waals surface area contributed by atoms with Crippen molar-refractivity contribution in [2.75, 3.05) is 19.8 Å². The molecule has 2 unspecified atom stereocenters. The van der Waals surface area contributed by atoms with Crippen molar-refractivity contribution < 1.29 is 9.84 Å². The van der Waals surface area contributed by atoms with Crippen molar-refractivity contribution in [3.8, 4) is 0 Å². The highest BCUT2D eigenvalue weighted by Crippen LogP contribution is 2.28. The highest BCUT2D eigenvalue weighted by Gasteiger charge is 2.21. The normalized spacial score (nSPS) is 30.2. The molecule has 0 aromatic carbocycles. The van der Waals surface area contributed by atoms with Gasteiger partial charge in [-0.25, -0.2) is 0 Å². The van der Waals surface area contributed by atoms with Gasteiger partial charge in [-0.05, 0) is 44.6 Å². The quantitative estimate of drug-likeness (QED) is 0.530. The zero-order chi connectivity index (χ0) is 11.9. The molecule has 0 aliphatic heterocycles. The second kappa shape index (κ2) is 7.34. The molecule has 2 N–H and O–H groups in total. The number of aliphatic hydroxyl groups is 1. The molecule has 0 bridgehead atoms. The molecule has 0 radical (unpaired) electrons. The minimum Gasteiger partial charge on any atom is -0.392 e. The van der Waals surface area contributed by atoms with E-state index in [1.54, 1.807) is 0 Å². The van der Waals surface area contributed by atoms with Gasteiger partial charge in [0.2, 0.25) is 0 Å². The second-order valence-electron chi connectivity index (χ2n) is 5.64. The van der Waals surface area contributed by atoms with Crippen LogP contribution in [-0.4, -0.2) is 37.0 Å². The highest BCUT2D eigenvalue weighted by atomic mass is 16.5. The maximum atomic E-state index is 9.94. The summed E-state index contributed by atoms with van der Waals surface area (Å²) in [5, 5.41) is 13.4. The minimum atomic E-state index is -0.134. The third-order valence-corrected chi connectivity index (χ3v) is 3.90. The van der Waals surface area contributed by atoms with E-state index in [9.17, 15) is 5.11 Å². The SMILES string of the molecule is OC1CCCCCC1NCCCOCC1CC1. The molecule has 2 atom stereocenters. The first-order chi connectivity index (χ1) is 8.36. The van der Waals surface area contributed by atoms with Gasteiger partial charge in [-0.2, -0.15) is 0 Å². The molecule has 2 aliphatic rings. The molecule has 3 heteroatoms. The molecular weight excluding hydrogens is 214 g/mol. The summed E-state index contributed by atoms with van der Waals surface area (Å²) in [4.78, 5) is 0. The van der Waals surface area contributed by atoms with Crippen LogP contribution in [0.15, 0.2) is 0 Å². The van der Waals surface area contributed by atoms with Crippen LogP contribution in [0.3, 0.4) is 0 Å². The van der Waals surface area contributed by atoms with E-state index in [1.165, 1.54) is 32.1 Å². The maximum absolute atomic E-state index is 9.94. The molecule has 0 spiro atoms. The third kappa shape index (κ3) is 5.36. The fourth-order valence-electron chi connectivity index (χ4n) is 2.52. The molecule has 17 heavy (non-hydrogen) atoms. The Morgan fingerprint density at radius 3 is 2.71 bits per heavy atom. The van der Waals surface area contributed by atoms with Crippen molar-refractivity contribution >= 4 is 0 Å². The molecule has 2 aliphatic carbocycles. The van der Waals surface area contributed by atoms with E-state index in [4.69, 9.17) is 4.74 Å². The topological polar surface area (TPSA) is 41.5 Å². The van der Waals surface area contributed by atoms with Crippen LogP contribution in [0.1, 0.15) is 51.4 Å². The maximum Gasteiger partial charge on any atom is 0.0693 e. The fraction of sp³-hybridized carbons (Fsp3) is 1.00. The Morgan fingerprint density at radius 2 is 1.88 bits per heavy atom. The minimum absolute atomic E-state index is 0.134. The van der Waals surface area contributed by atoms with Crippen LogP contribution in [0.2, 0.25) is 0 Å². The van der Waals surface area contributed by atoms with Gasteiger partial charge in [-0.15, -0.1) is 0 Å². The predicted octanol–water partition coefficient (Wildman–Crippen LogP) is 2.09. The van der Waals surface area contributed by atoms with Crippen molar-refractivity contribution in [2.24, 2.45) is 5.92 Å². The summed E-state index contributed by atoms with van der Waals surface area (Å²) in [6.45, 7) is 2.81. The molecule has 2 rings (SSSR count). The Hall–Kier alpha value is -0.120. The smallest absolute Gasteiger partial charge is 0.0693 e. The van der Waals surface area contributed by atoms with Crippen molar-refractivity contribution in [3.63, 3.8) is 0 Å². The lowest BCUT2D eigenvalue weighted by Gasteiger charge is -2.21. The molecule has 0 heterocycles. The van der Waals surface area contributed by atoms with E-state index >= 15 is 0 Å². The molecule has 2 saturated carbocycles. The van der Waals surface area contributed by atoms with Gasteiger partial charge in [-0.1, -0.05) is 19.3 Å². The zero-order valence-electron chi connectivity index (χ0n) is 10.9. The van der Waals surface area contributed by atoms with Crippen molar-refractivity contribution in [2.45, 2.75) is 63.5 Å². The molecule has 0 aromatic heterocycles. The van der Waals surface area contributed by atoms with E-state index < -0.39 is 0 Å². The lowest BCUT2D eigenvalue weighted by atomic mass is 10.1. The number of aliphatic hydroxyl groups excluding tert-OH is 1. The average Bonchev–Trinajstić information content (AvgIpc) is 3.13. The van der Waals surface area contributed by atoms with Gasteiger partial charge in [0.25, 0.3) is 0 Å². The number of rotatable bonds is 7. The van der Waals surface area contributed by atoms with E-state index in [-0.39, 0.29) is 6.10 Å². The highest BCUT2D eigenvalue weighted by molar-refractivity contribution is 4.78. The van der Waals surface area contributed by atoms with Crippen LogP contribution in [-0.2, 0) is 4.74 Å². The van der Waals surface area contributed by atoms with Gasteiger partial charge in [0.05, 0.1) is 6.10 Å². The Morgan fingerprint density at radius 1 is 1.06 bits per heavy atom. The molecule has 0 aromatic rings. The Bertz CT molecular complexity index is 206. The van der Waals surface area contributed by atoms with E-state index in [0.29, 0.717) is 6.04 Å². The van der Waals surface area contributed by atoms with Crippen LogP contribution in [0.25, 0.3) is 0 Å². The van der Waals surface area contributed by atoms with E-state index in [1.807, 2.05) is 0 Å². The van der Waals surface area contributed by atoms with Gasteiger partial charge < -0.3 is 15.2 Å². The van der Waals surface area contributed by atoms with Gasteiger partial charge in [0.1, 0.15) is 0 Å². The predicted molar refractivity (Wildman–Crippen MR) is 69.0 cm³/mol. The van der Waals surface area contributed by atoms with Gasteiger partial charge in [0, 0.05) is 19.3 Å². The molecule has 0 amide bonds. The molecule has 3 nitrogen and oxygen atoms in total. The first kappa shape index (κ1) is 13.3. The van der Waals surface area contributed by atoms with Gasteiger partial charge >= 0.3 is 0 Å².